The summed E-state index contributed by atoms with van der Waals surface area (Å²) in [5, 5.41) is 3.71. The maximum atomic E-state index is 5.69. The maximum absolute atomic E-state index is 5.69. The molecule has 1 aromatic rings. The van der Waals surface area contributed by atoms with E-state index < -0.39 is 0 Å². The first kappa shape index (κ1) is 16.5. The van der Waals surface area contributed by atoms with Gasteiger partial charge in [0.2, 0.25) is 0 Å². The highest BCUT2D eigenvalue weighted by Crippen LogP contribution is 2.36. The molecular formula is C16H23Br2NO. The third-order valence-corrected chi connectivity index (χ3v) is 5.44. The molecule has 0 saturated carbocycles. The molecule has 2 rings (SSSR count). The van der Waals surface area contributed by atoms with Gasteiger partial charge >= 0.3 is 0 Å². The zero-order chi connectivity index (χ0) is 14.5. The molecule has 1 heterocycles. The topological polar surface area (TPSA) is 21.3 Å². The fourth-order valence-corrected chi connectivity index (χ4v) is 3.82. The predicted octanol–water partition coefficient (Wildman–Crippen LogP) is 4.99. The summed E-state index contributed by atoms with van der Waals surface area (Å²) in [5.41, 5.74) is 2.60. The Hall–Kier alpha value is 0.1000. The van der Waals surface area contributed by atoms with Gasteiger partial charge in [0.05, 0.1) is 6.61 Å². The van der Waals surface area contributed by atoms with Crippen LogP contribution in [-0.2, 0) is 4.74 Å². The number of rotatable bonds is 5. The summed E-state index contributed by atoms with van der Waals surface area (Å²) < 4.78 is 8.06. The molecule has 1 aromatic carbocycles. The molecule has 112 valence electrons. The van der Waals surface area contributed by atoms with E-state index >= 15 is 0 Å². The molecule has 20 heavy (non-hydrogen) atoms. The van der Waals surface area contributed by atoms with Gasteiger partial charge in [-0.3, -0.25) is 0 Å². The van der Waals surface area contributed by atoms with Gasteiger partial charge in [0.25, 0.3) is 0 Å². The van der Waals surface area contributed by atoms with E-state index in [4.69, 9.17) is 4.74 Å². The highest BCUT2D eigenvalue weighted by molar-refractivity contribution is 9.11. The van der Waals surface area contributed by atoms with Crippen LogP contribution in [0.5, 0.6) is 0 Å². The lowest BCUT2D eigenvalue weighted by Gasteiger charge is -2.32. The molecule has 1 aliphatic heterocycles. The van der Waals surface area contributed by atoms with Crippen LogP contribution in [0, 0.1) is 12.8 Å². The van der Waals surface area contributed by atoms with E-state index in [0.717, 1.165) is 26.2 Å². The lowest BCUT2D eigenvalue weighted by atomic mass is 9.88. The Balaban J connectivity index is 2.27. The Morgan fingerprint density at radius 1 is 1.35 bits per heavy atom. The van der Waals surface area contributed by atoms with Crippen LogP contribution in [0.15, 0.2) is 21.1 Å². The second-order valence-corrected chi connectivity index (χ2v) is 7.24. The number of hydrogen-bond donors (Lipinski definition) is 1. The second-order valence-electron chi connectivity index (χ2n) is 5.53. The number of benzene rings is 1. The van der Waals surface area contributed by atoms with Crippen molar-refractivity contribution in [3.8, 4) is 0 Å². The van der Waals surface area contributed by atoms with E-state index in [0.29, 0.717) is 12.0 Å². The highest BCUT2D eigenvalue weighted by atomic mass is 79.9. The lowest BCUT2D eigenvalue weighted by molar-refractivity contribution is 0.0389. The molecule has 2 nitrogen and oxygen atoms in total. The molecule has 1 fully saturated rings. The quantitative estimate of drug-likeness (QED) is 0.746. The van der Waals surface area contributed by atoms with Crippen LogP contribution in [0.2, 0.25) is 0 Å². The number of ether oxygens (including phenoxy) is 1. The standard InChI is InChI=1S/C16H23Br2NO/c1-3-6-19-16(12-5-4-7-20-10-12)13-9-14(17)11(2)8-15(13)18/h8-9,12,16,19H,3-7,10H2,1-2H3. The first-order chi connectivity index (χ1) is 9.63. The summed E-state index contributed by atoms with van der Waals surface area (Å²) in [4.78, 5) is 0. The molecular weight excluding hydrogens is 382 g/mol. The number of nitrogens with one attached hydrogen (secondary N) is 1. The Kier molecular flexibility index (Phi) is 6.53. The van der Waals surface area contributed by atoms with Crippen LogP contribution in [0.3, 0.4) is 0 Å². The first-order valence-corrected chi connectivity index (χ1v) is 8.98. The molecule has 4 heteroatoms. The van der Waals surface area contributed by atoms with Crippen LogP contribution in [0.1, 0.15) is 43.4 Å². The van der Waals surface area contributed by atoms with Crippen molar-refractivity contribution >= 4 is 31.9 Å². The van der Waals surface area contributed by atoms with E-state index in [-0.39, 0.29) is 0 Å². The molecule has 0 aliphatic carbocycles. The van der Waals surface area contributed by atoms with Gasteiger partial charge in [0.15, 0.2) is 0 Å². The molecule has 0 aromatic heterocycles. The van der Waals surface area contributed by atoms with E-state index in [1.54, 1.807) is 0 Å². The summed E-state index contributed by atoms with van der Waals surface area (Å²) in [6.45, 7) is 7.15. The predicted molar refractivity (Wildman–Crippen MR) is 91.2 cm³/mol. The molecule has 1 saturated heterocycles. The van der Waals surface area contributed by atoms with Crippen LogP contribution in [0.25, 0.3) is 0 Å². The summed E-state index contributed by atoms with van der Waals surface area (Å²) in [6, 6.07) is 4.81. The Bertz CT molecular complexity index is 444. The van der Waals surface area contributed by atoms with Gasteiger partial charge in [-0.2, -0.15) is 0 Å². The maximum Gasteiger partial charge on any atom is 0.0512 e. The summed E-state index contributed by atoms with van der Waals surface area (Å²) in [6.07, 6.45) is 3.55. The van der Waals surface area contributed by atoms with Crippen molar-refractivity contribution in [2.24, 2.45) is 5.92 Å². The minimum atomic E-state index is 0.363. The molecule has 0 amide bonds. The lowest BCUT2D eigenvalue weighted by Crippen LogP contribution is -2.34. The molecule has 0 radical (unpaired) electrons. The Morgan fingerprint density at radius 3 is 2.80 bits per heavy atom. The van der Waals surface area contributed by atoms with Crippen molar-refractivity contribution in [2.75, 3.05) is 19.8 Å². The van der Waals surface area contributed by atoms with Crippen LogP contribution < -0.4 is 5.32 Å². The average molecular weight is 405 g/mol. The zero-order valence-electron chi connectivity index (χ0n) is 12.2. The molecule has 1 aliphatic rings. The second kappa shape index (κ2) is 7.92. The molecule has 1 N–H and O–H groups in total. The van der Waals surface area contributed by atoms with Gasteiger partial charge in [0.1, 0.15) is 0 Å². The van der Waals surface area contributed by atoms with Crippen molar-refractivity contribution < 1.29 is 4.74 Å². The summed E-state index contributed by atoms with van der Waals surface area (Å²) in [5.74, 6) is 0.557. The molecule has 2 unspecified atom stereocenters. The Labute approximate surface area is 138 Å². The smallest absolute Gasteiger partial charge is 0.0512 e. The molecule has 0 spiro atoms. The molecule has 0 bridgehead atoms. The van der Waals surface area contributed by atoms with E-state index in [1.165, 1.54) is 32.9 Å². The molecule has 2 atom stereocenters. The first-order valence-electron chi connectivity index (χ1n) is 7.40. The largest absolute Gasteiger partial charge is 0.381 e. The van der Waals surface area contributed by atoms with Crippen molar-refractivity contribution in [1.82, 2.24) is 5.32 Å². The zero-order valence-corrected chi connectivity index (χ0v) is 15.4. The van der Waals surface area contributed by atoms with Crippen LogP contribution in [-0.4, -0.2) is 19.8 Å². The fraction of sp³-hybridized carbons (Fsp3) is 0.625. The number of halogens is 2. The van der Waals surface area contributed by atoms with Crippen molar-refractivity contribution in [3.63, 3.8) is 0 Å². The van der Waals surface area contributed by atoms with Crippen LogP contribution in [0.4, 0.5) is 0 Å². The van der Waals surface area contributed by atoms with Crippen molar-refractivity contribution in [2.45, 2.75) is 39.2 Å². The van der Waals surface area contributed by atoms with Gasteiger partial charge < -0.3 is 10.1 Å². The Morgan fingerprint density at radius 2 is 2.15 bits per heavy atom. The summed E-state index contributed by atoms with van der Waals surface area (Å²) >= 11 is 7.40. The van der Waals surface area contributed by atoms with Gasteiger partial charge in [-0.05, 0) is 56.0 Å². The van der Waals surface area contributed by atoms with Gasteiger partial charge in [-0.25, -0.2) is 0 Å². The SMILES string of the molecule is CCCNC(c1cc(Br)c(C)cc1Br)C1CCCOC1. The third kappa shape index (κ3) is 4.06. The van der Waals surface area contributed by atoms with Gasteiger partial charge in [0, 0.05) is 27.5 Å². The monoisotopic (exact) mass is 403 g/mol. The average Bonchev–Trinajstić information content (AvgIpc) is 2.45. The van der Waals surface area contributed by atoms with Crippen molar-refractivity contribution in [3.05, 3.63) is 32.2 Å². The normalized spacial score (nSPS) is 20.9. The minimum Gasteiger partial charge on any atom is -0.381 e. The minimum absolute atomic E-state index is 0.363. The number of aryl methyl sites for hydroxylation is 1. The van der Waals surface area contributed by atoms with Crippen molar-refractivity contribution in [1.29, 1.82) is 0 Å². The van der Waals surface area contributed by atoms with E-state index in [9.17, 15) is 0 Å². The van der Waals surface area contributed by atoms with Gasteiger partial charge in [-0.1, -0.05) is 38.8 Å². The summed E-state index contributed by atoms with van der Waals surface area (Å²) in [7, 11) is 0. The highest BCUT2D eigenvalue weighted by Gasteiger charge is 2.27. The fourth-order valence-electron chi connectivity index (χ4n) is 2.76. The number of hydrogen-bond acceptors (Lipinski definition) is 2. The van der Waals surface area contributed by atoms with E-state index in [1.807, 2.05) is 0 Å². The van der Waals surface area contributed by atoms with Crippen LogP contribution >= 0.6 is 31.9 Å². The van der Waals surface area contributed by atoms with E-state index in [2.05, 4.69) is 63.2 Å². The van der Waals surface area contributed by atoms with Gasteiger partial charge in [-0.15, -0.1) is 0 Å². The third-order valence-electron chi connectivity index (χ3n) is 3.89.